The predicted octanol–water partition coefficient (Wildman–Crippen LogP) is 3.54. The number of hydrogen-bond donors (Lipinski definition) is 2. The van der Waals surface area contributed by atoms with E-state index in [-0.39, 0.29) is 11.9 Å². The summed E-state index contributed by atoms with van der Waals surface area (Å²) in [6.07, 6.45) is 6.16. The van der Waals surface area contributed by atoms with Crippen molar-refractivity contribution in [1.29, 1.82) is 0 Å². The predicted molar refractivity (Wildman–Crippen MR) is 112 cm³/mol. The second-order valence-corrected chi connectivity index (χ2v) is 9.44. The Morgan fingerprint density at radius 3 is 2.67 bits per heavy atom. The molecule has 0 bridgehead atoms. The Labute approximate surface area is 168 Å². The molecular weight excluding hydrogens is 356 g/mol. The Bertz CT molecular complexity index is 597. The van der Waals surface area contributed by atoms with Crippen LogP contribution in [0.15, 0.2) is 35.2 Å². The molecule has 0 spiro atoms. The highest BCUT2D eigenvalue weighted by molar-refractivity contribution is 7.99. The van der Waals surface area contributed by atoms with E-state index in [2.05, 4.69) is 29.3 Å². The second-order valence-electron chi connectivity index (χ2n) is 8.34. The molecule has 5 unspecified atom stereocenters. The number of thioether (sulfide) groups is 1. The molecule has 5 heteroatoms. The number of aliphatic hydroxyl groups is 1. The summed E-state index contributed by atoms with van der Waals surface area (Å²) >= 11 is 1.69. The molecule has 1 aromatic rings. The van der Waals surface area contributed by atoms with Crippen LogP contribution < -0.4 is 5.32 Å². The number of benzene rings is 1. The summed E-state index contributed by atoms with van der Waals surface area (Å²) < 4.78 is 0. The van der Waals surface area contributed by atoms with Crippen molar-refractivity contribution in [3.8, 4) is 0 Å². The fourth-order valence-electron chi connectivity index (χ4n) is 4.74. The van der Waals surface area contributed by atoms with E-state index in [4.69, 9.17) is 0 Å². The molecular formula is C22H34N2O2S. The van der Waals surface area contributed by atoms with E-state index in [0.717, 1.165) is 23.3 Å². The summed E-state index contributed by atoms with van der Waals surface area (Å²) in [7, 11) is 0. The molecule has 2 fully saturated rings. The van der Waals surface area contributed by atoms with Gasteiger partial charge in [-0.1, -0.05) is 37.5 Å². The van der Waals surface area contributed by atoms with Crippen molar-refractivity contribution in [2.75, 3.05) is 18.8 Å². The normalized spacial score (nSPS) is 28.2. The van der Waals surface area contributed by atoms with Crippen molar-refractivity contribution >= 4 is 17.7 Å². The highest BCUT2D eigenvalue weighted by Gasteiger charge is 2.36. The summed E-state index contributed by atoms with van der Waals surface area (Å²) in [6, 6.07) is 10.4. The van der Waals surface area contributed by atoms with Gasteiger partial charge in [0, 0.05) is 36.7 Å². The van der Waals surface area contributed by atoms with E-state index in [1.165, 1.54) is 39.0 Å². The third-order valence-corrected chi connectivity index (χ3v) is 7.38. The SMILES string of the molecule is CC(=O)NC(CSc1ccccc1)C(O)CN1CC2CCCCC2CC1C. The van der Waals surface area contributed by atoms with E-state index in [9.17, 15) is 9.90 Å². The molecule has 1 aromatic carbocycles. The van der Waals surface area contributed by atoms with Gasteiger partial charge in [0.2, 0.25) is 5.91 Å². The first-order chi connectivity index (χ1) is 13.0. The quantitative estimate of drug-likeness (QED) is 0.699. The zero-order valence-electron chi connectivity index (χ0n) is 16.6. The van der Waals surface area contributed by atoms with Crippen LogP contribution in [0.2, 0.25) is 0 Å². The van der Waals surface area contributed by atoms with Crippen LogP contribution in [0.5, 0.6) is 0 Å². The van der Waals surface area contributed by atoms with Crippen LogP contribution in [0.4, 0.5) is 0 Å². The number of likely N-dealkylation sites (tertiary alicyclic amines) is 1. The largest absolute Gasteiger partial charge is 0.390 e. The number of amides is 1. The zero-order valence-corrected chi connectivity index (χ0v) is 17.5. The maximum Gasteiger partial charge on any atom is 0.217 e. The van der Waals surface area contributed by atoms with Crippen molar-refractivity contribution in [2.24, 2.45) is 11.8 Å². The van der Waals surface area contributed by atoms with Crippen molar-refractivity contribution in [2.45, 2.75) is 69.0 Å². The molecule has 27 heavy (non-hydrogen) atoms. The van der Waals surface area contributed by atoms with Crippen LogP contribution in [0.3, 0.4) is 0 Å². The summed E-state index contributed by atoms with van der Waals surface area (Å²) in [5.41, 5.74) is 0. The summed E-state index contributed by atoms with van der Waals surface area (Å²) in [6.45, 7) is 5.57. The lowest BCUT2D eigenvalue weighted by Crippen LogP contribution is -2.54. The Kier molecular flexibility index (Phi) is 7.62. The molecule has 1 aliphatic heterocycles. The minimum absolute atomic E-state index is 0.0771. The summed E-state index contributed by atoms with van der Waals surface area (Å²) in [5, 5.41) is 13.9. The van der Waals surface area contributed by atoms with E-state index in [1.807, 2.05) is 18.2 Å². The van der Waals surface area contributed by atoms with Gasteiger partial charge in [0.1, 0.15) is 0 Å². The number of nitrogens with zero attached hydrogens (tertiary/aromatic N) is 1. The van der Waals surface area contributed by atoms with Gasteiger partial charge in [-0.3, -0.25) is 9.69 Å². The van der Waals surface area contributed by atoms with Gasteiger partial charge in [-0.15, -0.1) is 11.8 Å². The van der Waals surface area contributed by atoms with Crippen LogP contribution in [-0.4, -0.2) is 52.9 Å². The van der Waals surface area contributed by atoms with Gasteiger partial charge in [-0.2, -0.15) is 0 Å². The lowest BCUT2D eigenvalue weighted by atomic mass is 9.73. The minimum atomic E-state index is -0.548. The van der Waals surface area contributed by atoms with E-state index < -0.39 is 6.10 Å². The highest BCUT2D eigenvalue weighted by atomic mass is 32.2. The third kappa shape index (κ3) is 5.97. The van der Waals surface area contributed by atoms with Gasteiger partial charge in [-0.25, -0.2) is 0 Å². The van der Waals surface area contributed by atoms with Gasteiger partial charge < -0.3 is 10.4 Å². The van der Waals surface area contributed by atoms with Crippen molar-refractivity contribution in [3.05, 3.63) is 30.3 Å². The van der Waals surface area contributed by atoms with Gasteiger partial charge >= 0.3 is 0 Å². The number of piperidine rings is 1. The van der Waals surface area contributed by atoms with E-state index >= 15 is 0 Å². The van der Waals surface area contributed by atoms with Crippen LogP contribution in [0.25, 0.3) is 0 Å². The molecule has 1 aliphatic carbocycles. The first-order valence-electron chi connectivity index (χ1n) is 10.4. The molecule has 1 heterocycles. The van der Waals surface area contributed by atoms with Gasteiger partial charge in [0.25, 0.3) is 0 Å². The van der Waals surface area contributed by atoms with Crippen LogP contribution in [0.1, 0.15) is 46.0 Å². The Morgan fingerprint density at radius 2 is 1.96 bits per heavy atom. The monoisotopic (exact) mass is 390 g/mol. The molecule has 4 nitrogen and oxygen atoms in total. The van der Waals surface area contributed by atoms with Gasteiger partial charge in [0.15, 0.2) is 0 Å². The number of carbonyl (C=O) groups excluding carboxylic acids is 1. The first kappa shape index (κ1) is 20.7. The molecule has 1 saturated carbocycles. The molecule has 1 amide bonds. The maximum atomic E-state index is 11.7. The molecule has 0 radical (unpaired) electrons. The fraction of sp³-hybridized carbons (Fsp3) is 0.682. The topological polar surface area (TPSA) is 52.6 Å². The average molecular weight is 391 g/mol. The minimum Gasteiger partial charge on any atom is -0.390 e. The Balaban J connectivity index is 1.57. The van der Waals surface area contributed by atoms with Crippen LogP contribution in [0, 0.1) is 11.8 Å². The highest BCUT2D eigenvalue weighted by Crippen LogP contribution is 2.38. The molecule has 1 saturated heterocycles. The van der Waals surface area contributed by atoms with Gasteiger partial charge in [0.05, 0.1) is 12.1 Å². The third-order valence-electron chi connectivity index (χ3n) is 6.25. The molecule has 2 N–H and O–H groups in total. The molecule has 3 rings (SSSR count). The number of hydrogen-bond acceptors (Lipinski definition) is 4. The molecule has 5 atom stereocenters. The molecule has 150 valence electrons. The average Bonchev–Trinajstić information content (AvgIpc) is 2.66. The Hall–Kier alpha value is -1.04. The number of carbonyl (C=O) groups is 1. The van der Waals surface area contributed by atoms with E-state index in [0.29, 0.717) is 18.3 Å². The number of aliphatic hydroxyl groups excluding tert-OH is 1. The second kappa shape index (κ2) is 9.94. The first-order valence-corrected chi connectivity index (χ1v) is 11.4. The van der Waals surface area contributed by atoms with E-state index in [1.54, 1.807) is 11.8 Å². The fourth-order valence-corrected chi connectivity index (χ4v) is 5.77. The van der Waals surface area contributed by atoms with Crippen LogP contribution >= 0.6 is 11.8 Å². The number of rotatable bonds is 7. The molecule has 2 aliphatic rings. The van der Waals surface area contributed by atoms with Crippen molar-refractivity contribution in [1.82, 2.24) is 10.2 Å². The van der Waals surface area contributed by atoms with Gasteiger partial charge in [-0.05, 0) is 43.7 Å². The smallest absolute Gasteiger partial charge is 0.217 e. The number of fused-ring (bicyclic) bond motifs is 1. The summed E-state index contributed by atoms with van der Waals surface area (Å²) in [4.78, 5) is 15.3. The maximum absolute atomic E-state index is 11.7. The standard InChI is InChI=1S/C22H34N2O2S/c1-16-12-18-8-6-7-9-19(18)13-24(16)14-22(26)21(23-17(2)25)15-27-20-10-4-3-5-11-20/h3-5,10-11,16,18-19,21-22,26H,6-9,12-15H2,1-2H3,(H,23,25). The lowest BCUT2D eigenvalue weighted by Gasteiger charge is -2.46. The molecule has 0 aromatic heterocycles. The van der Waals surface area contributed by atoms with Crippen molar-refractivity contribution < 1.29 is 9.90 Å². The lowest BCUT2D eigenvalue weighted by molar-refractivity contribution is -0.120. The van der Waals surface area contributed by atoms with Crippen LogP contribution in [-0.2, 0) is 4.79 Å². The van der Waals surface area contributed by atoms with Crippen molar-refractivity contribution in [3.63, 3.8) is 0 Å². The number of β-amino-alcohol motifs (C(OH)–C–C–N with tert-alkyl or cyclic N) is 1. The number of nitrogens with one attached hydrogen (secondary N) is 1. The Morgan fingerprint density at radius 1 is 1.26 bits per heavy atom. The summed E-state index contributed by atoms with van der Waals surface area (Å²) in [5.74, 6) is 2.27. The zero-order chi connectivity index (χ0) is 19.2.